The van der Waals surface area contributed by atoms with Gasteiger partial charge in [-0.1, -0.05) is 19.1 Å². The van der Waals surface area contributed by atoms with Crippen LogP contribution in [0.3, 0.4) is 0 Å². The molecule has 0 saturated carbocycles. The second-order valence-electron chi connectivity index (χ2n) is 6.88. The third-order valence-electron chi connectivity index (χ3n) is 4.75. The Labute approximate surface area is 169 Å². The first-order valence-corrected chi connectivity index (χ1v) is 10.3. The highest BCUT2D eigenvalue weighted by atomic mass is 32.1. The molecule has 1 N–H and O–H groups in total. The van der Waals surface area contributed by atoms with Crippen LogP contribution in [0.5, 0.6) is 5.75 Å². The number of carbonyl (C=O) groups is 2. The van der Waals surface area contributed by atoms with E-state index in [9.17, 15) is 9.59 Å². The average molecular weight is 400 g/mol. The van der Waals surface area contributed by atoms with Crippen LogP contribution >= 0.6 is 11.3 Å². The van der Waals surface area contributed by atoms with Crippen molar-refractivity contribution in [2.45, 2.75) is 33.1 Å². The van der Waals surface area contributed by atoms with Crippen molar-refractivity contribution in [1.82, 2.24) is 0 Å². The average Bonchev–Trinajstić information content (AvgIpc) is 3.03. The molecule has 0 fully saturated rings. The number of thiophene rings is 1. The van der Waals surface area contributed by atoms with E-state index in [0.717, 1.165) is 36.1 Å². The molecule has 1 heterocycles. The topological polar surface area (TPSA) is 64.6 Å². The molecule has 0 aliphatic heterocycles. The first-order chi connectivity index (χ1) is 13.5. The molecule has 1 aliphatic carbocycles. The Morgan fingerprint density at radius 3 is 2.93 bits per heavy atom. The van der Waals surface area contributed by atoms with Gasteiger partial charge in [-0.2, -0.15) is 0 Å². The molecule has 0 spiro atoms. The van der Waals surface area contributed by atoms with E-state index in [-0.39, 0.29) is 11.9 Å². The number of fused-ring (bicyclic) bond motifs is 1. The van der Waals surface area contributed by atoms with Crippen molar-refractivity contribution in [3.05, 3.63) is 51.9 Å². The summed E-state index contributed by atoms with van der Waals surface area (Å²) in [5.41, 5.74) is 2.42. The van der Waals surface area contributed by atoms with E-state index in [4.69, 9.17) is 9.47 Å². The van der Waals surface area contributed by atoms with E-state index < -0.39 is 0 Å². The number of ether oxygens (including phenoxy) is 2. The normalized spacial score (nSPS) is 15.9. The zero-order valence-corrected chi connectivity index (χ0v) is 17.2. The highest BCUT2D eigenvalue weighted by Gasteiger charge is 2.28. The van der Waals surface area contributed by atoms with Gasteiger partial charge >= 0.3 is 5.97 Å². The number of esters is 1. The summed E-state index contributed by atoms with van der Waals surface area (Å²) >= 11 is 1.49. The molecule has 28 heavy (non-hydrogen) atoms. The molecule has 6 heteroatoms. The number of anilines is 1. The molecule has 5 nitrogen and oxygen atoms in total. The van der Waals surface area contributed by atoms with Crippen LogP contribution in [0.25, 0.3) is 6.08 Å². The summed E-state index contributed by atoms with van der Waals surface area (Å²) in [6.07, 6.45) is 6.00. The Morgan fingerprint density at radius 1 is 1.36 bits per heavy atom. The molecule has 0 radical (unpaired) electrons. The van der Waals surface area contributed by atoms with E-state index in [1.54, 1.807) is 20.1 Å². The number of benzene rings is 1. The summed E-state index contributed by atoms with van der Waals surface area (Å²) < 4.78 is 10.4. The highest BCUT2D eigenvalue weighted by molar-refractivity contribution is 7.17. The van der Waals surface area contributed by atoms with Crippen LogP contribution in [0, 0.1) is 5.92 Å². The lowest BCUT2D eigenvalue weighted by molar-refractivity contribution is -0.111. The Balaban J connectivity index is 1.81. The number of carbonyl (C=O) groups excluding carboxylic acids is 2. The van der Waals surface area contributed by atoms with Crippen LogP contribution in [0.15, 0.2) is 30.3 Å². The fourth-order valence-corrected chi connectivity index (χ4v) is 4.73. The van der Waals surface area contributed by atoms with Gasteiger partial charge in [-0.25, -0.2) is 4.79 Å². The predicted molar refractivity (Wildman–Crippen MR) is 112 cm³/mol. The van der Waals surface area contributed by atoms with Crippen LogP contribution in [0.2, 0.25) is 0 Å². The lowest BCUT2D eigenvalue weighted by atomic mass is 9.88. The smallest absolute Gasteiger partial charge is 0.341 e. The number of amides is 1. The maximum atomic E-state index is 12.5. The standard InChI is InChI=1S/C22H25NO4S/c1-4-27-22(25)20-17-10-8-14(2)12-18(17)28-21(20)23-19(24)11-9-15-6-5-7-16(13-15)26-3/h5-7,9,11,13-14H,4,8,10,12H2,1-3H3,(H,23,24)/b11-9+. The van der Waals surface area contributed by atoms with Crippen LogP contribution in [-0.2, 0) is 22.4 Å². The van der Waals surface area contributed by atoms with Crippen molar-refractivity contribution in [1.29, 1.82) is 0 Å². The highest BCUT2D eigenvalue weighted by Crippen LogP contribution is 2.40. The van der Waals surface area contributed by atoms with Gasteiger partial charge in [-0.3, -0.25) is 4.79 Å². The molecule has 1 atom stereocenters. The molecular formula is C22H25NO4S. The third kappa shape index (κ3) is 4.62. The molecular weight excluding hydrogens is 374 g/mol. The van der Waals surface area contributed by atoms with Gasteiger partial charge in [0.15, 0.2) is 0 Å². The van der Waals surface area contributed by atoms with Crippen molar-refractivity contribution in [3.63, 3.8) is 0 Å². The van der Waals surface area contributed by atoms with Gasteiger partial charge in [-0.05, 0) is 61.4 Å². The van der Waals surface area contributed by atoms with Gasteiger partial charge in [0.2, 0.25) is 5.91 Å². The Morgan fingerprint density at radius 2 is 2.18 bits per heavy atom. The molecule has 1 unspecified atom stereocenters. The first-order valence-electron chi connectivity index (χ1n) is 9.46. The Hall–Kier alpha value is -2.60. The van der Waals surface area contributed by atoms with E-state index >= 15 is 0 Å². The number of hydrogen-bond donors (Lipinski definition) is 1. The second kappa shape index (κ2) is 9.06. The van der Waals surface area contributed by atoms with Crippen molar-refractivity contribution < 1.29 is 19.1 Å². The predicted octanol–water partition coefficient (Wildman–Crippen LogP) is 4.71. The lowest BCUT2D eigenvalue weighted by Crippen LogP contribution is -2.15. The molecule has 1 amide bonds. The fourth-order valence-electron chi connectivity index (χ4n) is 3.33. The Kier molecular flexibility index (Phi) is 6.52. The molecule has 148 valence electrons. The molecule has 3 rings (SSSR count). The molecule has 0 saturated heterocycles. The summed E-state index contributed by atoms with van der Waals surface area (Å²) in [4.78, 5) is 26.2. The van der Waals surface area contributed by atoms with E-state index in [0.29, 0.717) is 23.1 Å². The van der Waals surface area contributed by atoms with E-state index in [1.165, 1.54) is 22.3 Å². The number of hydrogen-bond acceptors (Lipinski definition) is 5. The zero-order chi connectivity index (χ0) is 20.1. The molecule has 2 aromatic rings. The fraction of sp³-hybridized carbons (Fsp3) is 0.364. The summed E-state index contributed by atoms with van der Waals surface area (Å²) in [7, 11) is 1.60. The molecule has 1 aromatic heterocycles. The van der Waals surface area contributed by atoms with E-state index in [1.807, 2.05) is 24.3 Å². The lowest BCUT2D eigenvalue weighted by Gasteiger charge is -2.18. The van der Waals surface area contributed by atoms with Gasteiger partial charge < -0.3 is 14.8 Å². The van der Waals surface area contributed by atoms with Crippen LogP contribution in [0.1, 0.15) is 46.6 Å². The van der Waals surface area contributed by atoms with Crippen LogP contribution in [0.4, 0.5) is 5.00 Å². The SMILES string of the molecule is CCOC(=O)c1c(NC(=O)/C=C/c2cccc(OC)c2)sc2c1CCC(C)C2. The third-order valence-corrected chi connectivity index (χ3v) is 5.92. The van der Waals surface area contributed by atoms with Crippen LogP contribution < -0.4 is 10.1 Å². The minimum absolute atomic E-state index is 0.278. The van der Waals surface area contributed by atoms with E-state index in [2.05, 4.69) is 12.2 Å². The summed E-state index contributed by atoms with van der Waals surface area (Å²) in [6.45, 7) is 4.30. The molecule has 0 bridgehead atoms. The summed E-state index contributed by atoms with van der Waals surface area (Å²) in [5.74, 6) is 0.673. The van der Waals surface area contributed by atoms with Gasteiger partial charge in [0.1, 0.15) is 10.8 Å². The number of methoxy groups -OCH3 is 1. The second-order valence-corrected chi connectivity index (χ2v) is 7.98. The maximum absolute atomic E-state index is 12.5. The van der Waals surface area contributed by atoms with Crippen molar-refractivity contribution >= 4 is 34.3 Å². The quantitative estimate of drug-likeness (QED) is 0.564. The summed E-state index contributed by atoms with van der Waals surface area (Å²) in [6, 6.07) is 7.45. The largest absolute Gasteiger partial charge is 0.497 e. The van der Waals surface area contributed by atoms with Gasteiger partial charge in [0.05, 0.1) is 19.3 Å². The maximum Gasteiger partial charge on any atom is 0.341 e. The van der Waals surface area contributed by atoms with Crippen molar-refractivity contribution in [3.8, 4) is 5.75 Å². The first kappa shape index (κ1) is 20.1. The zero-order valence-electron chi connectivity index (χ0n) is 16.4. The van der Waals surface area contributed by atoms with Gasteiger partial charge in [0, 0.05) is 11.0 Å². The monoisotopic (exact) mass is 399 g/mol. The number of rotatable bonds is 6. The molecule has 1 aromatic carbocycles. The minimum atomic E-state index is -0.360. The van der Waals surface area contributed by atoms with Crippen molar-refractivity contribution in [2.24, 2.45) is 5.92 Å². The Bertz CT molecular complexity index is 900. The van der Waals surface area contributed by atoms with Gasteiger partial charge in [-0.15, -0.1) is 11.3 Å². The van der Waals surface area contributed by atoms with Crippen LogP contribution in [-0.4, -0.2) is 25.6 Å². The minimum Gasteiger partial charge on any atom is -0.497 e. The van der Waals surface area contributed by atoms with Crippen molar-refractivity contribution in [2.75, 3.05) is 19.0 Å². The number of nitrogens with one attached hydrogen (secondary N) is 1. The summed E-state index contributed by atoms with van der Waals surface area (Å²) in [5, 5.41) is 3.46. The van der Waals surface area contributed by atoms with Gasteiger partial charge in [0.25, 0.3) is 0 Å². The molecule has 1 aliphatic rings.